The zero-order valence-electron chi connectivity index (χ0n) is 17.6. The summed E-state index contributed by atoms with van der Waals surface area (Å²) in [6.07, 6.45) is 2.13. The van der Waals surface area contributed by atoms with Crippen LogP contribution in [0, 0.1) is 0 Å². The second kappa shape index (κ2) is 10.3. The minimum Gasteiger partial charge on any atom is -0.493 e. The smallest absolute Gasteiger partial charge is 0.328 e. The molecule has 8 nitrogen and oxygen atoms in total. The number of methoxy groups -OCH3 is 2. The fourth-order valence-electron chi connectivity index (χ4n) is 2.90. The van der Waals surface area contributed by atoms with Crippen LogP contribution in [0.25, 0.3) is 6.08 Å². The van der Waals surface area contributed by atoms with Gasteiger partial charge < -0.3 is 19.3 Å². The van der Waals surface area contributed by atoms with Crippen LogP contribution in [0.4, 0.5) is 5.69 Å². The Balaban J connectivity index is 2.07. The molecule has 0 aliphatic carbocycles. The van der Waals surface area contributed by atoms with Crippen LogP contribution in [0.3, 0.4) is 0 Å². The number of sulfonamides is 1. The van der Waals surface area contributed by atoms with Gasteiger partial charge in [0.2, 0.25) is 0 Å². The van der Waals surface area contributed by atoms with Gasteiger partial charge in [-0.15, -0.1) is 0 Å². The Morgan fingerprint density at radius 3 is 2.36 bits per heavy atom. The highest BCUT2D eigenvalue weighted by atomic mass is 35.5. The summed E-state index contributed by atoms with van der Waals surface area (Å²) >= 11 is 6.10. The summed E-state index contributed by atoms with van der Waals surface area (Å²) in [5.41, 5.74) is 0.376. The first-order valence-corrected chi connectivity index (χ1v) is 11.3. The maximum Gasteiger partial charge on any atom is 0.328 e. The predicted octanol–water partition coefficient (Wildman–Crippen LogP) is 5.05. The SMILES string of the molecule is COc1cc(C=CC(=O)O)cc(S(=O)(=O)Nc2cc(Cl)ccc2Oc2ccccc2)c1OC. The van der Waals surface area contributed by atoms with Crippen molar-refractivity contribution in [3.05, 3.63) is 77.3 Å². The molecule has 0 amide bonds. The number of halogens is 1. The van der Waals surface area contributed by atoms with Crippen LogP contribution in [-0.4, -0.2) is 33.7 Å². The molecule has 3 aromatic rings. The summed E-state index contributed by atoms with van der Waals surface area (Å²) < 4.78 is 45.6. The summed E-state index contributed by atoms with van der Waals surface area (Å²) in [6, 6.07) is 16.1. The zero-order valence-corrected chi connectivity index (χ0v) is 19.2. The van der Waals surface area contributed by atoms with Crippen LogP contribution < -0.4 is 18.9 Å². The fourth-order valence-corrected chi connectivity index (χ4v) is 4.35. The van der Waals surface area contributed by atoms with Crippen molar-refractivity contribution in [3.63, 3.8) is 0 Å². The van der Waals surface area contributed by atoms with E-state index >= 15 is 0 Å². The van der Waals surface area contributed by atoms with Crippen molar-refractivity contribution in [2.24, 2.45) is 0 Å². The Bertz CT molecular complexity index is 1290. The number of carboxylic acids is 1. The molecule has 2 N–H and O–H groups in total. The van der Waals surface area contributed by atoms with E-state index in [0.717, 1.165) is 6.08 Å². The molecule has 0 bridgehead atoms. The van der Waals surface area contributed by atoms with E-state index < -0.39 is 16.0 Å². The Morgan fingerprint density at radius 1 is 1.00 bits per heavy atom. The predicted molar refractivity (Wildman–Crippen MR) is 125 cm³/mol. The Kier molecular flexibility index (Phi) is 7.47. The largest absolute Gasteiger partial charge is 0.493 e. The van der Waals surface area contributed by atoms with E-state index in [1.165, 1.54) is 44.6 Å². The summed E-state index contributed by atoms with van der Waals surface area (Å²) in [7, 11) is -1.62. The third-order valence-electron chi connectivity index (χ3n) is 4.33. The number of aliphatic carboxylic acids is 1. The average molecular weight is 490 g/mol. The van der Waals surface area contributed by atoms with Crippen LogP contribution in [-0.2, 0) is 14.8 Å². The van der Waals surface area contributed by atoms with Crippen LogP contribution in [0.1, 0.15) is 5.56 Å². The van der Waals surface area contributed by atoms with E-state index in [9.17, 15) is 13.2 Å². The van der Waals surface area contributed by atoms with Crippen molar-refractivity contribution in [1.29, 1.82) is 0 Å². The third kappa shape index (κ3) is 5.97. The third-order valence-corrected chi connectivity index (χ3v) is 5.94. The van der Waals surface area contributed by atoms with Gasteiger partial charge in [-0.25, -0.2) is 13.2 Å². The Hall–Kier alpha value is -3.69. The van der Waals surface area contributed by atoms with Crippen LogP contribution in [0.5, 0.6) is 23.0 Å². The molecule has 172 valence electrons. The molecule has 0 heterocycles. The van der Waals surface area contributed by atoms with E-state index in [1.807, 2.05) is 6.07 Å². The van der Waals surface area contributed by atoms with E-state index in [4.69, 9.17) is 30.9 Å². The number of hydrogen-bond acceptors (Lipinski definition) is 6. The number of ether oxygens (including phenoxy) is 3. The van der Waals surface area contributed by atoms with Gasteiger partial charge in [0, 0.05) is 11.1 Å². The van der Waals surface area contributed by atoms with Gasteiger partial charge in [0.15, 0.2) is 17.2 Å². The number of rotatable bonds is 9. The molecule has 0 saturated carbocycles. The quantitative estimate of drug-likeness (QED) is 0.404. The second-order valence-electron chi connectivity index (χ2n) is 6.59. The fraction of sp³-hybridized carbons (Fsp3) is 0.0870. The van der Waals surface area contributed by atoms with E-state index in [0.29, 0.717) is 5.75 Å². The first-order valence-electron chi connectivity index (χ1n) is 9.46. The van der Waals surface area contributed by atoms with Gasteiger partial charge in [0.25, 0.3) is 10.0 Å². The number of carbonyl (C=O) groups is 1. The summed E-state index contributed by atoms with van der Waals surface area (Å²) in [6.45, 7) is 0. The van der Waals surface area contributed by atoms with E-state index in [2.05, 4.69) is 4.72 Å². The normalized spacial score (nSPS) is 11.2. The van der Waals surface area contributed by atoms with Gasteiger partial charge in [0.05, 0.1) is 19.9 Å². The zero-order chi connectivity index (χ0) is 24.0. The first-order chi connectivity index (χ1) is 15.7. The van der Waals surface area contributed by atoms with Crippen molar-refractivity contribution in [1.82, 2.24) is 0 Å². The number of carboxylic acid groups (broad SMARTS) is 1. The highest BCUT2D eigenvalue weighted by molar-refractivity contribution is 7.92. The van der Waals surface area contributed by atoms with Crippen molar-refractivity contribution >= 4 is 39.4 Å². The van der Waals surface area contributed by atoms with Gasteiger partial charge in [-0.05, 0) is 54.1 Å². The van der Waals surface area contributed by atoms with Gasteiger partial charge in [-0.1, -0.05) is 29.8 Å². The molecule has 0 aliphatic rings. The topological polar surface area (TPSA) is 111 Å². The number of anilines is 1. The van der Waals surface area contributed by atoms with Gasteiger partial charge in [-0.3, -0.25) is 4.72 Å². The highest BCUT2D eigenvalue weighted by Gasteiger charge is 2.25. The molecule has 0 saturated heterocycles. The minimum absolute atomic E-state index is 0.0509. The maximum absolute atomic E-state index is 13.4. The lowest BCUT2D eigenvalue weighted by Crippen LogP contribution is -2.15. The molecule has 0 fully saturated rings. The minimum atomic E-state index is -4.26. The Morgan fingerprint density at radius 2 is 1.73 bits per heavy atom. The molecule has 10 heteroatoms. The lowest BCUT2D eigenvalue weighted by atomic mass is 10.2. The molecule has 0 unspecified atom stereocenters. The molecule has 3 aromatic carbocycles. The number of benzene rings is 3. The number of para-hydroxylation sites is 1. The molecule has 0 radical (unpaired) electrons. The van der Waals surface area contributed by atoms with Crippen molar-refractivity contribution < 1.29 is 32.5 Å². The molecule has 0 aliphatic heterocycles. The second-order valence-corrected chi connectivity index (χ2v) is 8.67. The maximum atomic E-state index is 13.4. The molecule has 3 rings (SSSR count). The standard InChI is InChI=1S/C23H20ClNO7S/c1-30-20-12-15(8-11-22(26)27)13-21(23(20)31-2)33(28,29)25-18-14-16(24)9-10-19(18)32-17-6-4-3-5-7-17/h3-14,25H,1-2H3,(H,26,27). The summed E-state index contributed by atoms with van der Waals surface area (Å²) in [5.74, 6) is -0.404. The molecule has 0 atom stereocenters. The van der Waals surface area contributed by atoms with Gasteiger partial charge >= 0.3 is 5.97 Å². The van der Waals surface area contributed by atoms with Crippen LogP contribution in [0.15, 0.2) is 71.6 Å². The van der Waals surface area contributed by atoms with E-state index in [-0.39, 0.29) is 38.4 Å². The van der Waals surface area contributed by atoms with Crippen molar-refractivity contribution in [3.8, 4) is 23.0 Å². The molecule has 0 spiro atoms. The molecule has 0 aromatic heterocycles. The lowest BCUT2D eigenvalue weighted by molar-refractivity contribution is -0.131. The van der Waals surface area contributed by atoms with Gasteiger partial charge in [0.1, 0.15) is 10.6 Å². The monoisotopic (exact) mass is 489 g/mol. The van der Waals surface area contributed by atoms with Crippen LogP contribution >= 0.6 is 11.6 Å². The number of nitrogens with one attached hydrogen (secondary N) is 1. The summed E-state index contributed by atoms with van der Waals surface area (Å²) in [5, 5.41) is 9.19. The molecular weight excluding hydrogens is 470 g/mol. The summed E-state index contributed by atoms with van der Waals surface area (Å²) in [4.78, 5) is 10.6. The highest BCUT2D eigenvalue weighted by Crippen LogP contribution is 2.39. The van der Waals surface area contributed by atoms with Crippen molar-refractivity contribution in [2.75, 3.05) is 18.9 Å². The number of hydrogen-bond donors (Lipinski definition) is 2. The van der Waals surface area contributed by atoms with Crippen molar-refractivity contribution in [2.45, 2.75) is 4.90 Å². The molecule has 33 heavy (non-hydrogen) atoms. The van der Waals surface area contributed by atoms with Crippen LogP contribution in [0.2, 0.25) is 5.02 Å². The van der Waals surface area contributed by atoms with E-state index in [1.54, 1.807) is 30.3 Å². The molecular formula is C23H20ClNO7S. The average Bonchev–Trinajstić information content (AvgIpc) is 2.79. The lowest BCUT2D eigenvalue weighted by Gasteiger charge is -2.17. The Labute approximate surface area is 196 Å². The van der Waals surface area contributed by atoms with Gasteiger partial charge in [-0.2, -0.15) is 0 Å². The first kappa shape index (κ1) is 24.0.